The van der Waals surface area contributed by atoms with Crippen LogP contribution >= 0.6 is 12.2 Å². The minimum Gasteiger partial charge on any atom is -0.433 e. The lowest BCUT2D eigenvalue weighted by Crippen LogP contribution is -2.31. The maximum atomic E-state index is 9.44. The second kappa shape index (κ2) is 6.91. The van der Waals surface area contributed by atoms with Crippen LogP contribution in [0.25, 0.3) is 5.70 Å². The molecule has 0 bridgehead atoms. The third-order valence-corrected chi connectivity index (χ3v) is 3.82. The molecule has 1 aromatic rings. The number of hydrogen-bond acceptors (Lipinski definition) is 7. The molecular formula is C16H17N3O3S. The number of hydrogen-bond donors (Lipinski definition) is 4. The minimum atomic E-state index is -0.719. The summed E-state index contributed by atoms with van der Waals surface area (Å²) in [7, 11) is 0. The topological polar surface area (TPSA) is 110 Å². The monoisotopic (exact) mass is 331 g/mol. The van der Waals surface area contributed by atoms with E-state index in [9.17, 15) is 10.2 Å². The van der Waals surface area contributed by atoms with Crippen molar-refractivity contribution in [1.82, 2.24) is 0 Å². The SMILES string of the molecule is CC(CO)(CO)c1ccc(C2=CC(=N)C(=N)C(OC=S)=N2)cc1. The van der Waals surface area contributed by atoms with Gasteiger partial charge in [0.25, 0.3) is 0 Å². The van der Waals surface area contributed by atoms with Crippen molar-refractivity contribution in [1.29, 1.82) is 10.8 Å². The second-order valence-corrected chi connectivity index (χ2v) is 5.60. The lowest BCUT2D eigenvalue weighted by atomic mass is 9.83. The van der Waals surface area contributed by atoms with Gasteiger partial charge in [0.1, 0.15) is 5.71 Å². The molecule has 0 aliphatic carbocycles. The van der Waals surface area contributed by atoms with Crippen LogP contribution in [0.1, 0.15) is 18.1 Å². The van der Waals surface area contributed by atoms with E-state index in [1.807, 2.05) is 0 Å². The van der Waals surface area contributed by atoms with Gasteiger partial charge in [-0.25, -0.2) is 4.99 Å². The average molecular weight is 331 g/mol. The van der Waals surface area contributed by atoms with Crippen molar-refractivity contribution in [2.24, 2.45) is 4.99 Å². The first-order valence-corrected chi connectivity index (χ1v) is 7.33. The van der Waals surface area contributed by atoms with Crippen molar-refractivity contribution in [3.8, 4) is 0 Å². The van der Waals surface area contributed by atoms with Gasteiger partial charge in [-0.3, -0.25) is 10.8 Å². The summed E-state index contributed by atoms with van der Waals surface area (Å²) in [4.78, 5) is 4.20. The molecule has 0 aromatic heterocycles. The van der Waals surface area contributed by atoms with E-state index in [4.69, 9.17) is 15.6 Å². The van der Waals surface area contributed by atoms with Crippen LogP contribution in [-0.2, 0) is 10.2 Å². The van der Waals surface area contributed by atoms with Gasteiger partial charge in [0, 0.05) is 11.0 Å². The summed E-state index contributed by atoms with van der Waals surface area (Å²) >= 11 is 4.60. The number of aliphatic imine (C=N–C) groups is 1. The van der Waals surface area contributed by atoms with Crippen molar-refractivity contribution in [3.63, 3.8) is 0 Å². The van der Waals surface area contributed by atoms with E-state index in [2.05, 4.69) is 17.2 Å². The molecule has 0 saturated heterocycles. The van der Waals surface area contributed by atoms with Crippen LogP contribution in [0.4, 0.5) is 0 Å². The molecule has 1 aliphatic rings. The summed E-state index contributed by atoms with van der Waals surface area (Å²) in [6, 6.07) is 7.15. The van der Waals surface area contributed by atoms with Gasteiger partial charge in [0.15, 0.2) is 5.55 Å². The second-order valence-electron chi connectivity index (χ2n) is 5.40. The Kier molecular flexibility index (Phi) is 5.15. The lowest BCUT2D eigenvalue weighted by Gasteiger charge is -2.25. The van der Waals surface area contributed by atoms with Crippen LogP contribution in [0.15, 0.2) is 35.3 Å². The lowest BCUT2D eigenvalue weighted by molar-refractivity contribution is 0.129. The Labute approximate surface area is 139 Å². The standard InChI is InChI=1S/C16H17N3O3S/c1-16(7-20,8-21)11-4-2-10(3-5-11)13-6-12(17)14(18)15(19-13)22-9-23/h2-6,9,17-18,20-21H,7-8H2,1H3. The molecule has 0 amide bonds. The Bertz CT molecular complexity index is 704. The number of ether oxygens (including phenoxy) is 1. The molecule has 0 radical (unpaired) electrons. The fourth-order valence-electron chi connectivity index (χ4n) is 2.08. The van der Waals surface area contributed by atoms with Gasteiger partial charge >= 0.3 is 0 Å². The molecule has 0 unspecified atom stereocenters. The largest absolute Gasteiger partial charge is 0.433 e. The van der Waals surface area contributed by atoms with Crippen LogP contribution in [0, 0.1) is 10.8 Å². The van der Waals surface area contributed by atoms with Crippen molar-refractivity contribution in [2.45, 2.75) is 12.3 Å². The first-order chi connectivity index (χ1) is 10.9. The van der Waals surface area contributed by atoms with Gasteiger partial charge in [0.2, 0.25) is 5.90 Å². The highest BCUT2D eigenvalue weighted by Crippen LogP contribution is 2.26. The van der Waals surface area contributed by atoms with Crippen LogP contribution in [0.2, 0.25) is 0 Å². The summed E-state index contributed by atoms with van der Waals surface area (Å²) in [6.45, 7) is 1.43. The average Bonchev–Trinajstić information content (AvgIpc) is 2.58. The van der Waals surface area contributed by atoms with Crippen molar-refractivity contribution in [3.05, 3.63) is 41.5 Å². The van der Waals surface area contributed by atoms with Crippen LogP contribution < -0.4 is 0 Å². The Balaban J connectivity index is 2.36. The molecule has 1 aliphatic heterocycles. The first kappa shape index (κ1) is 17.1. The zero-order valence-corrected chi connectivity index (χ0v) is 13.4. The zero-order chi connectivity index (χ0) is 17.0. The van der Waals surface area contributed by atoms with Crippen molar-refractivity contribution < 1.29 is 14.9 Å². The molecule has 23 heavy (non-hydrogen) atoms. The summed E-state index contributed by atoms with van der Waals surface area (Å²) < 4.78 is 5.00. The van der Waals surface area contributed by atoms with Gasteiger partial charge in [-0.15, -0.1) is 0 Å². The molecule has 1 aromatic carbocycles. The molecule has 0 fully saturated rings. The maximum absolute atomic E-state index is 9.44. The number of aliphatic hydroxyl groups excluding tert-OH is 2. The summed E-state index contributed by atoms with van der Waals surface area (Å²) in [5, 5.41) is 34.4. The molecule has 1 heterocycles. The quantitative estimate of drug-likeness (QED) is 0.615. The number of aliphatic hydroxyl groups is 2. The summed E-state index contributed by atoms with van der Waals surface area (Å²) in [5.74, 6) is -0.0119. The molecular weight excluding hydrogens is 314 g/mol. The predicted octanol–water partition coefficient (Wildman–Crippen LogP) is 1.70. The highest BCUT2D eigenvalue weighted by atomic mass is 32.1. The number of rotatable bonds is 5. The van der Waals surface area contributed by atoms with Crippen LogP contribution in [0.3, 0.4) is 0 Å². The molecule has 0 atom stereocenters. The van der Waals surface area contributed by atoms with E-state index >= 15 is 0 Å². The molecule has 4 N–H and O–H groups in total. The van der Waals surface area contributed by atoms with Gasteiger partial charge in [-0.05, 0) is 23.9 Å². The normalized spacial score (nSPS) is 15.1. The maximum Gasteiger partial charge on any atom is 0.247 e. The van der Waals surface area contributed by atoms with E-state index in [-0.39, 0.29) is 30.5 Å². The van der Waals surface area contributed by atoms with Gasteiger partial charge in [-0.1, -0.05) is 31.2 Å². The molecule has 6 nitrogen and oxygen atoms in total. The van der Waals surface area contributed by atoms with E-state index in [0.717, 1.165) is 16.7 Å². The highest BCUT2D eigenvalue weighted by molar-refractivity contribution is 7.78. The minimum absolute atomic E-state index is 0.0119. The number of thiocarbonyl (C=S) groups is 1. The Morgan fingerprint density at radius 2 is 1.83 bits per heavy atom. The van der Waals surface area contributed by atoms with E-state index in [1.54, 1.807) is 31.2 Å². The fraction of sp³-hybridized carbons (Fsp3) is 0.250. The summed E-state index contributed by atoms with van der Waals surface area (Å²) in [5.41, 5.74) is 2.16. The molecule has 2 rings (SSSR count). The zero-order valence-electron chi connectivity index (χ0n) is 12.5. The van der Waals surface area contributed by atoms with Crippen molar-refractivity contribution >= 4 is 40.8 Å². The number of allylic oxidation sites excluding steroid dienone is 1. The Morgan fingerprint density at radius 3 is 2.35 bits per heavy atom. The Morgan fingerprint density at radius 1 is 1.22 bits per heavy atom. The molecule has 0 saturated carbocycles. The van der Waals surface area contributed by atoms with Crippen LogP contribution in [0.5, 0.6) is 0 Å². The Hall–Kier alpha value is -2.22. The van der Waals surface area contributed by atoms with E-state index in [1.165, 1.54) is 6.08 Å². The summed E-state index contributed by atoms with van der Waals surface area (Å²) in [6.07, 6.45) is 1.48. The van der Waals surface area contributed by atoms with Crippen molar-refractivity contribution in [2.75, 3.05) is 13.2 Å². The predicted molar refractivity (Wildman–Crippen MR) is 93.6 cm³/mol. The number of nitrogens with one attached hydrogen (secondary N) is 2. The van der Waals surface area contributed by atoms with Gasteiger partial charge < -0.3 is 14.9 Å². The molecule has 120 valence electrons. The van der Waals surface area contributed by atoms with Gasteiger partial charge in [0.05, 0.1) is 24.6 Å². The highest BCUT2D eigenvalue weighted by Gasteiger charge is 2.25. The van der Waals surface area contributed by atoms with E-state index < -0.39 is 5.41 Å². The van der Waals surface area contributed by atoms with E-state index in [0.29, 0.717) is 5.70 Å². The fourth-order valence-corrected chi connectivity index (χ4v) is 2.17. The molecule has 7 heteroatoms. The number of nitrogens with zero attached hydrogens (tertiary/aromatic N) is 1. The van der Waals surface area contributed by atoms with Gasteiger partial charge in [-0.2, -0.15) is 0 Å². The number of benzene rings is 1. The first-order valence-electron chi connectivity index (χ1n) is 6.86. The van der Waals surface area contributed by atoms with Crippen LogP contribution in [-0.4, -0.2) is 46.3 Å². The third kappa shape index (κ3) is 3.42. The molecule has 0 spiro atoms. The third-order valence-electron chi connectivity index (χ3n) is 3.72. The smallest absolute Gasteiger partial charge is 0.247 e.